The summed E-state index contributed by atoms with van der Waals surface area (Å²) >= 11 is 1.55. The second-order valence-electron chi connectivity index (χ2n) is 3.53. The Morgan fingerprint density at radius 1 is 1.62 bits per heavy atom. The van der Waals surface area contributed by atoms with E-state index in [-0.39, 0.29) is 0 Å². The maximum Gasteiger partial charge on any atom is 0.208 e. The van der Waals surface area contributed by atoms with Crippen LogP contribution in [-0.4, -0.2) is 16.6 Å². The first kappa shape index (κ1) is 11.3. The molecule has 2 aromatic rings. The fourth-order valence-corrected chi connectivity index (χ4v) is 2.09. The Morgan fingerprint density at radius 3 is 3.12 bits per heavy atom. The molecule has 86 valence electrons. The van der Waals surface area contributed by atoms with Gasteiger partial charge in [0.15, 0.2) is 0 Å². The zero-order valence-electron chi connectivity index (χ0n) is 9.01. The van der Waals surface area contributed by atoms with Crippen molar-refractivity contribution in [1.29, 1.82) is 0 Å². The van der Waals surface area contributed by atoms with E-state index in [4.69, 9.17) is 4.42 Å². The molecule has 1 unspecified atom stereocenters. The summed E-state index contributed by atoms with van der Waals surface area (Å²) in [6.07, 6.45) is 1.23. The van der Waals surface area contributed by atoms with Crippen molar-refractivity contribution in [3.8, 4) is 0 Å². The van der Waals surface area contributed by atoms with Crippen LogP contribution in [0.4, 0.5) is 0 Å². The number of nitrogens with zero attached hydrogens (tertiary/aromatic N) is 1. The molecule has 0 bridgehead atoms. The third-order valence-corrected chi connectivity index (χ3v) is 3.13. The molecule has 0 saturated carbocycles. The van der Waals surface area contributed by atoms with Gasteiger partial charge in [-0.2, -0.15) is 0 Å². The lowest BCUT2D eigenvalue weighted by Gasteiger charge is -2.08. The average Bonchev–Trinajstić information content (AvgIpc) is 2.89. The Labute approximate surface area is 97.9 Å². The van der Waals surface area contributed by atoms with Crippen molar-refractivity contribution in [2.75, 3.05) is 6.54 Å². The number of rotatable bonds is 5. The lowest BCUT2D eigenvalue weighted by molar-refractivity contribution is 0.177. The molecule has 2 aromatic heterocycles. The van der Waals surface area contributed by atoms with E-state index in [1.807, 2.05) is 24.4 Å². The number of aryl methyl sites for hydroxylation is 1. The van der Waals surface area contributed by atoms with Crippen molar-refractivity contribution in [1.82, 2.24) is 10.3 Å². The van der Waals surface area contributed by atoms with E-state index < -0.39 is 6.10 Å². The van der Waals surface area contributed by atoms with Gasteiger partial charge in [-0.1, -0.05) is 6.07 Å². The Kier molecular flexibility index (Phi) is 3.71. The molecular weight excluding hydrogens is 224 g/mol. The molecule has 0 fully saturated rings. The van der Waals surface area contributed by atoms with E-state index in [0.717, 1.165) is 10.6 Å². The summed E-state index contributed by atoms with van der Waals surface area (Å²) in [5.41, 5.74) is 0. The summed E-state index contributed by atoms with van der Waals surface area (Å²) < 4.78 is 5.30. The third kappa shape index (κ3) is 2.91. The minimum absolute atomic E-state index is 0.462. The van der Waals surface area contributed by atoms with Crippen molar-refractivity contribution in [3.05, 3.63) is 40.2 Å². The first-order valence-electron chi connectivity index (χ1n) is 5.09. The highest BCUT2D eigenvalue weighted by Crippen LogP contribution is 2.17. The normalized spacial score (nSPS) is 12.9. The first-order valence-corrected chi connectivity index (χ1v) is 5.97. The molecule has 0 amide bonds. The van der Waals surface area contributed by atoms with E-state index in [9.17, 15) is 5.11 Å². The fourth-order valence-electron chi connectivity index (χ4n) is 1.38. The summed E-state index contributed by atoms with van der Waals surface area (Å²) in [5, 5.41) is 14.8. The van der Waals surface area contributed by atoms with E-state index in [2.05, 4.69) is 10.3 Å². The van der Waals surface area contributed by atoms with Crippen LogP contribution in [0.2, 0.25) is 0 Å². The van der Waals surface area contributed by atoms with E-state index in [1.165, 1.54) is 0 Å². The SMILES string of the molecule is Cc1cnc(CNCC(O)c2cccs2)o1. The molecule has 0 saturated heterocycles. The van der Waals surface area contributed by atoms with Crippen LogP contribution in [-0.2, 0) is 6.54 Å². The van der Waals surface area contributed by atoms with Gasteiger partial charge in [0.2, 0.25) is 5.89 Å². The smallest absolute Gasteiger partial charge is 0.208 e. The molecule has 0 aromatic carbocycles. The Morgan fingerprint density at radius 2 is 2.50 bits per heavy atom. The molecule has 2 heterocycles. The van der Waals surface area contributed by atoms with Crippen LogP contribution in [0, 0.1) is 6.92 Å². The first-order chi connectivity index (χ1) is 7.75. The average molecular weight is 238 g/mol. The van der Waals surface area contributed by atoms with Crippen molar-refractivity contribution in [2.45, 2.75) is 19.6 Å². The molecule has 0 spiro atoms. The number of aliphatic hydroxyl groups is 1. The summed E-state index contributed by atoms with van der Waals surface area (Å²) in [5.74, 6) is 1.45. The molecule has 0 aliphatic carbocycles. The van der Waals surface area contributed by atoms with Gasteiger partial charge in [-0.15, -0.1) is 11.3 Å². The second-order valence-corrected chi connectivity index (χ2v) is 4.51. The summed E-state index contributed by atoms with van der Waals surface area (Å²) in [6.45, 7) is 2.90. The van der Waals surface area contributed by atoms with E-state index >= 15 is 0 Å². The van der Waals surface area contributed by atoms with Crippen LogP contribution in [0.1, 0.15) is 22.6 Å². The molecule has 1 atom stereocenters. The second kappa shape index (κ2) is 5.25. The largest absolute Gasteiger partial charge is 0.445 e. The molecule has 5 heteroatoms. The highest BCUT2D eigenvalue weighted by Gasteiger charge is 2.08. The Hall–Kier alpha value is -1.17. The highest BCUT2D eigenvalue weighted by atomic mass is 32.1. The van der Waals surface area contributed by atoms with Gasteiger partial charge >= 0.3 is 0 Å². The van der Waals surface area contributed by atoms with Crippen molar-refractivity contribution < 1.29 is 9.52 Å². The topological polar surface area (TPSA) is 58.3 Å². The van der Waals surface area contributed by atoms with Gasteiger partial charge in [-0.25, -0.2) is 4.98 Å². The Balaban J connectivity index is 1.76. The third-order valence-electron chi connectivity index (χ3n) is 2.15. The van der Waals surface area contributed by atoms with Crippen molar-refractivity contribution in [3.63, 3.8) is 0 Å². The van der Waals surface area contributed by atoms with Gasteiger partial charge in [-0.05, 0) is 18.4 Å². The highest BCUT2D eigenvalue weighted by molar-refractivity contribution is 7.10. The van der Waals surface area contributed by atoms with Crippen LogP contribution >= 0.6 is 11.3 Å². The lowest BCUT2D eigenvalue weighted by Crippen LogP contribution is -2.20. The number of oxazole rings is 1. The number of hydrogen-bond donors (Lipinski definition) is 2. The van der Waals surface area contributed by atoms with Crippen LogP contribution < -0.4 is 5.32 Å². The predicted octanol–water partition coefficient (Wildman–Crippen LogP) is 1.87. The van der Waals surface area contributed by atoms with Gasteiger partial charge in [0, 0.05) is 11.4 Å². The van der Waals surface area contributed by atoms with Gasteiger partial charge in [-0.3, -0.25) is 0 Å². The number of thiophene rings is 1. The molecule has 4 nitrogen and oxygen atoms in total. The van der Waals surface area contributed by atoms with Crippen LogP contribution in [0.15, 0.2) is 28.1 Å². The number of aliphatic hydroxyl groups excluding tert-OH is 1. The van der Waals surface area contributed by atoms with Crippen molar-refractivity contribution in [2.24, 2.45) is 0 Å². The molecule has 2 rings (SSSR count). The van der Waals surface area contributed by atoms with Gasteiger partial charge < -0.3 is 14.8 Å². The van der Waals surface area contributed by atoms with Crippen LogP contribution in [0.25, 0.3) is 0 Å². The Bertz CT molecular complexity index is 425. The summed E-state index contributed by atoms with van der Waals surface area (Å²) in [6, 6.07) is 3.85. The molecule has 0 aliphatic heterocycles. The fraction of sp³-hybridized carbons (Fsp3) is 0.364. The zero-order valence-corrected chi connectivity index (χ0v) is 9.83. The van der Waals surface area contributed by atoms with Gasteiger partial charge in [0.1, 0.15) is 11.9 Å². The standard InChI is InChI=1S/C11H14N2O2S/c1-8-5-13-11(15-8)7-12-6-9(14)10-3-2-4-16-10/h2-5,9,12,14H,6-7H2,1H3. The predicted molar refractivity (Wildman–Crippen MR) is 62.2 cm³/mol. The van der Waals surface area contributed by atoms with Crippen molar-refractivity contribution >= 4 is 11.3 Å². The maximum atomic E-state index is 9.79. The number of aromatic nitrogens is 1. The number of nitrogens with one attached hydrogen (secondary N) is 1. The quantitative estimate of drug-likeness (QED) is 0.835. The summed E-state index contributed by atoms with van der Waals surface area (Å²) in [7, 11) is 0. The lowest BCUT2D eigenvalue weighted by atomic mass is 10.3. The van der Waals surface area contributed by atoms with E-state index in [0.29, 0.717) is 19.0 Å². The minimum atomic E-state index is -0.462. The molecule has 16 heavy (non-hydrogen) atoms. The zero-order chi connectivity index (χ0) is 11.4. The van der Waals surface area contributed by atoms with Crippen LogP contribution in [0.5, 0.6) is 0 Å². The number of hydrogen-bond acceptors (Lipinski definition) is 5. The maximum absolute atomic E-state index is 9.79. The molecular formula is C11H14N2O2S. The van der Waals surface area contributed by atoms with Crippen LogP contribution in [0.3, 0.4) is 0 Å². The minimum Gasteiger partial charge on any atom is -0.445 e. The summed E-state index contributed by atoms with van der Waals surface area (Å²) in [4.78, 5) is 5.04. The van der Waals surface area contributed by atoms with Gasteiger partial charge in [0.25, 0.3) is 0 Å². The van der Waals surface area contributed by atoms with Gasteiger partial charge in [0.05, 0.1) is 12.7 Å². The molecule has 2 N–H and O–H groups in total. The monoisotopic (exact) mass is 238 g/mol. The molecule has 0 aliphatic rings. The molecule has 0 radical (unpaired) electrons. The van der Waals surface area contributed by atoms with E-state index in [1.54, 1.807) is 17.5 Å².